The van der Waals surface area contributed by atoms with Crippen LogP contribution in [0.25, 0.3) is 11.0 Å². The fourth-order valence-electron chi connectivity index (χ4n) is 2.46. The molecule has 1 aromatic carbocycles. The molecule has 0 unspecified atom stereocenters. The summed E-state index contributed by atoms with van der Waals surface area (Å²) < 4.78 is 2.22. The number of thioether (sulfide) groups is 1. The van der Waals surface area contributed by atoms with Gasteiger partial charge in [0.1, 0.15) is 0 Å². The van der Waals surface area contributed by atoms with Crippen molar-refractivity contribution in [3.05, 3.63) is 23.8 Å². The molecular formula is C14H19N3S. The van der Waals surface area contributed by atoms with Gasteiger partial charge < -0.3 is 9.88 Å². The van der Waals surface area contributed by atoms with Crippen molar-refractivity contribution < 1.29 is 0 Å². The van der Waals surface area contributed by atoms with E-state index in [-0.39, 0.29) is 0 Å². The van der Waals surface area contributed by atoms with Crippen LogP contribution in [0.1, 0.15) is 18.4 Å². The summed E-state index contributed by atoms with van der Waals surface area (Å²) in [6, 6.07) is 6.50. The molecule has 0 spiro atoms. The predicted molar refractivity (Wildman–Crippen MR) is 77.2 cm³/mol. The second kappa shape index (κ2) is 4.94. The van der Waals surface area contributed by atoms with Crippen molar-refractivity contribution in [2.24, 2.45) is 7.05 Å². The maximum atomic E-state index is 4.77. The van der Waals surface area contributed by atoms with Gasteiger partial charge in [-0.3, -0.25) is 0 Å². The first-order valence-corrected chi connectivity index (χ1v) is 7.42. The third-order valence-corrected chi connectivity index (χ3v) is 4.93. The van der Waals surface area contributed by atoms with Gasteiger partial charge in [0.05, 0.1) is 11.0 Å². The van der Waals surface area contributed by atoms with Crippen LogP contribution in [0.5, 0.6) is 0 Å². The summed E-state index contributed by atoms with van der Waals surface area (Å²) in [6.07, 6.45) is 2.49. The summed E-state index contributed by atoms with van der Waals surface area (Å²) in [5.41, 5.74) is 3.63. The monoisotopic (exact) mass is 261 g/mol. The minimum Gasteiger partial charge on any atom is -0.322 e. The normalized spacial score (nSPS) is 17.4. The molecule has 0 aliphatic carbocycles. The fraction of sp³-hybridized carbons (Fsp3) is 0.500. The molecule has 0 saturated carbocycles. The highest BCUT2D eigenvalue weighted by Gasteiger charge is 2.17. The van der Waals surface area contributed by atoms with E-state index in [1.165, 1.54) is 23.9 Å². The first-order chi connectivity index (χ1) is 8.74. The van der Waals surface area contributed by atoms with E-state index >= 15 is 0 Å². The van der Waals surface area contributed by atoms with Gasteiger partial charge in [-0.15, -0.1) is 0 Å². The van der Waals surface area contributed by atoms with Gasteiger partial charge in [0, 0.05) is 12.3 Å². The highest BCUT2D eigenvalue weighted by Crippen LogP contribution is 2.30. The lowest BCUT2D eigenvalue weighted by Gasteiger charge is -2.21. The zero-order chi connectivity index (χ0) is 12.5. The lowest BCUT2D eigenvalue weighted by molar-refractivity contribution is 0.530. The fourth-order valence-corrected chi connectivity index (χ4v) is 3.63. The molecule has 1 aromatic heterocycles. The Bertz CT molecular complexity index is 555. The lowest BCUT2D eigenvalue weighted by atomic mass is 10.2. The smallest absolute Gasteiger partial charge is 0.169 e. The summed E-state index contributed by atoms with van der Waals surface area (Å²) in [6.45, 7) is 4.40. The van der Waals surface area contributed by atoms with Crippen LogP contribution < -0.4 is 5.32 Å². The summed E-state index contributed by atoms with van der Waals surface area (Å²) in [5.74, 6) is 0. The van der Waals surface area contributed by atoms with Gasteiger partial charge in [-0.25, -0.2) is 4.98 Å². The average Bonchev–Trinajstić information content (AvgIpc) is 2.67. The molecule has 1 N–H and O–H groups in total. The number of benzene rings is 1. The molecule has 1 aliphatic rings. The number of aryl methyl sites for hydroxylation is 2. The van der Waals surface area contributed by atoms with Crippen LogP contribution in [0.3, 0.4) is 0 Å². The lowest BCUT2D eigenvalue weighted by Crippen LogP contribution is -2.29. The first-order valence-electron chi connectivity index (χ1n) is 6.54. The van der Waals surface area contributed by atoms with Gasteiger partial charge in [-0.1, -0.05) is 17.8 Å². The number of fused-ring (bicyclic) bond motifs is 1. The maximum Gasteiger partial charge on any atom is 0.169 e. The van der Waals surface area contributed by atoms with Gasteiger partial charge >= 0.3 is 0 Å². The van der Waals surface area contributed by atoms with Crippen LogP contribution in [-0.2, 0) is 7.05 Å². The molecule has 4 heteroatoms. The van der Waals surface area contributed by atoms with Crippen LogP contribution in [-0.4, -0.2) is 27.9 Å². The molecule has 2 aromatic rings. The average molecular weight is 261 g/mol. The van der Waals surface area contributed by atoms with E-state index in [2.05, 4.69) is 42.1 Å². The Labute approximate surface area is 112 Å². The summed E-state index contributed by atoms with van der Waals surface area (Å²) in [4.78, 5) is 4.77. The Hall–Kier alpha value is -1.00. The quantitative estimate of drug-likeness (QED) is 0.901. The van der Waals surface area contributed by atoms with Crippen molar-refractivity contribution in [1.82, 2.24) is 14.9 Å². The standard InChI is InChI=1S/C14H19N3S/c1-10-3-4-13-12(9-10)16-14(17(13)2)18-11-5-7-15-8-6-11/h3-4,9,11,15H,5-8H2,1-2H3. The van der Waals surface area contributed by atoms with Gasteiger partial charge in [0.25, 0.3) is 0 Å². The van der Waals surface area contributed by atoms with Crippen LogP contribution in [0.4, 0.5) is 0 Å². The Morgan fingerprint density at radius 3 is 2.89 bits per heavy atom. The molecule has 0 amide bonds. The number of aromatic nitrogens is 2. The predicted octanol–water partition coefficient (Wildman–Crippen LogP) is 2.73. The van der Waals surface area contributed by atoms with Crippen molar-refractivity contribution >= 4 is 22.8 Å². The molecule has 18 heavy (non-hydrogen) atoms. The van der Waals surface area contributed by atoms with Crippen LogP contribution in [0, 0.1) is 6.92 Å². The van der Waals surface area contributed by atoms with Gasteiger partial charge in [-0.05, 0) is 50.6 Å². The Morgan fingerprint density at radius 1 is 1.33 bits per heavy atom. The van der Waals surface area contributed by atoms with Crippen molar-refractivity contribution in [3.8, 4) is 0 Å². The van der Waals surface area contributed by atoms with Crippen LogP contribution in [0.2, 0.25) is 0 Å². The van der Waals surface area contributed by atoms with Crippen LogP contribution >= 0.6 is 11.8 Å². The number of nitrogens with zero attached hydrogens (tertiary/aromatic N) is 2. The highest BCUT2D eigenvalue weighted by atomic mass is 32.2. The first kappa shape index (κ1) is 12.1. The highest BCUT2D eigenvalue weighted by molar-refractivity contribution is 7.99. The van der Waals surface area contributed by atoms with Crippen molar-refractivity contribution in [2.45, 2.75) is 30.2 Å². The van der Waals surface area contributed by atoms with E-state index in [4.69, 9.17) is 4.98 Å². The molecule has 0 atom stereocenters. The minimum atomic E-state index is 0.711. The zero-order valence-corrected chi connectivity index (χ0v) is 11.8. The van der Waals surface area contributed by atoms with Gasteiger partial charge in [0.15, 0.2) is 5.16 Å². The molecule has 0 bridgehead atoms. The van der Waals surface area contributed by atoms with Gasteiger partial charge in [0.2, 0.25) is 0 Å². The maximum absolute atomic E-state index is 4.77. The number of imidazole rings is 1. The Kier molecular flexibility index (Phi) is 3.31. The van der Waals surface area contributed by atoms with Gasteiger partial charge in [-0.2, -0.15) is 0 Å². The minimum absolute atomic E-state index is 0.711. The number of hydrogen-bond acceptors (Lipinski definition) is 3. The van der Waals surface area contributed by atoms with Crippen molar-refractivity contribution in [3.63, 3.8) is 0 Å². The Morgan fingerprint density at radius 2 is 2.11 bits per heavy atom. The molecule has 1 fully saturated rings. The second-order valence-corrected chi connectivity index (χ2v) is 6.28. The number of nitrogens with one attached hydrogen (secondary N) is 1. The van der Waals surface area contributed by atoms with Crippen LogP contribution in [0.15, 0.2) is 23.4 Å². The van der Waals surface area contributed by atoms with E-state index in [0.717, 1.165) is 23.8 Å². The van der Waals surface area contributed by atoms with E-state index in [1.807, 2.05) is 11.8 Å². The molecule has 3 nitrogen and oxygen atoms in total. The van der Waals surface area contributed by atoms with E-state index in [1.54, 1.807) is 0 Å². The zero-order valence-electron chi connectivity index (χ0n) is 10.9. The third kappa shape index (κ3) is 2.27. The van der Waals surface area contributed by atoms with Crippen molar-refractivity contribution in [2.75, 3.05) is 13.1 Å². The third-order valence-electron chi connectivity index (χ3n) is 3.55. The molecule has 0 radical (unpaired) electrons. The topological polar surface area (TPSA) is 29.9 Å². The summed E-state index contributed by atoms with van der Waals surface area (Å²) >= 11 is 1.93. The number of hydrogen-bond donors (Lipinski definition) is 1. The molecule has 3 rings (SSSR count). The number of piperidine rings is 1. The molecular weight excluding hydrogens is 242 g/mol. The van der Waals surface area contributed by atoms with Crippen molar-refractivity contribution in [1.29, 1.82) is 0 Å². The molecule has 96 valence electrons. The van der Waals surface area contributed by atoms with E-state index < -0.39 is 0 Å². The molecule has 1 aliphatic heterocycles. The molecule has 2 heterocycles. The van der Waals surface area contributed by atoms with E-state index in [9.17, 15) is 0 Å². The Balaban J connectivity index is 1.89. The number of rotatable bonds is 2. The second-order valence-electron chi connectivity index (χ2n) is 5.01. The molecule has 1 saturated heterocycles. The summed E-state index contributed by atoms with van der Waals surface area (Å²) in [5, 5.41) is 5.27. The largest absolute Gasteiger partial charge is 0.322 e. The van der Waals surface area contributed by atoms with E-state index in [0.29, 0.717) is 5.25 Å². The summed E-state index contributed by atoms with van der Waals surface area (Å²) in [7, 11) is 2.12. The SMILES string of the molecule is Cc1ccc2c(c1)nc(SC1CCNCC1)n2C.